The maximum absolute atomic E-state index is 6.01. The van der Waals surface area contributed by atoms with Crippen LogP contribution < -0.4 is 9.47 Å². The van der Waals surface area contributed by atoms with Crippen LogP contribution in [-0.2, 0) is 6.42 Å². The summed E-state index contributed by atoms with van der Waals surface area (Å²) >= 11 is 0. The number of para-hydroxylation sites is 1. The minimum absolute atomic E-state index is 0.774. The molecule has 4 aromatic rings. The second-order valence-corrected chi connectivity index (χ2v) is 8.69. The second kappa shape index (κ2) is 12.8. The first-order chi connectivity index (χ1) is 16.8. The molecule has 0 unspecified atom stereocenters. The van der Waals surface area contributed by atoms with Gasteiger partial charge in [-0.05, 0) is 67.8 Å². The minimum atomic E-state index is 0.774. The van der Waals surface area contributed by atoms with Crippen molar-refractivity contribution in [3.8, 4) is 17.2 Å². The lowest BCUT2D eigenvalue weighted by atomic mass is 10.1. The fourth-order valence-corrected chi connectivity index (χ4v) is 4.32. The zero-order valence-corrected chi connectivity index (χ0v) is 20.2. The lowest BCUT2D eigenvalue weighted by Gasteiger charge is -2.09. The van der Waals surface area contributed by atoms with Crippen molar-refractivity contribution in [1.29, 1.82) is 0 Å². The molecule has 0 N–H and O–H groups in total. The van der Waals surface area contributed by atoms with E-state index < -0.39 is 0 Å². The number of ether oxygens (including phenoxy) is 2. The van der Waals surface area contributed by atoms with Gasteiger partial charge in [0.15, 0.2) is 0 Å². The van der Waals surface area contributed by atoms with E-state index in [4.69, 9.17) is 9.47 Å². The molecule has 0 saturated heterocycles. The summed E-state index contributed by atoms with van der Waals surface area (Å²) in [6.45, 7) is 0.774. The van der Waals surface area contributed by atoms with E-state index in [1.165, 1.54) is 50.6 Å². The average Bonchev–Trinajstić information content (AvgIpc) is 3.36. The molecule has 34 heavy (non-hydrogen) atoms. The van der Waals surface area contributed by atoms with Gasteiger partial charge in [-0.15, -0.1) is 0 Å². The number of pyridine rings is 1. The Morgan fingerprint density at radius 2 is 1.47 bits per heavy atom. The van der Waals surface area contributed by atoms with Gasteiger partial charge in [0, 0.05) is 23.5 Å². The number of aryl methyl sites for hydroxylation is 1. The number of unbranched alkanes of at least 4 members (excludes halogenated alkanes) is 7. The predicted molar refractivity (Wildman–Crippen MR) is 138 cm³/mol. The molecule has 2 aromatic heterocycles. The summed E-state index contributed by atoms with van der Waals surface area (Å²) in [7, 11) is 1.69. The number of rotatable bonds is 14. The van der Waals surface area contributed by atoms with Crippen LogP contribution >= 0.6 is 0 Å². The van der Waals surface area contributed by atoms with Gasteiger partial charge in [-0.25, -0.2) is 4.68 Å². The monoisotopic (exact) mass is 457 g/mol. The number of methoxy groups -OCH3 is 1. The molecule has 0 atom stereocenters. The Morgan fingerprint density at radius 3 is 2.26 bits per heavy atom. The number of fused-ring (bicyclic) bond motifs is 1. The smallest absolute Gasteiger partial charge is 0.130 e. The van der Waals surface area contributed by atoms with Gasteiger partial charge in [0.2, 0.25) is 0 Å². The van der Waals surface area contributed by atoms with Gasteiger partial charge in [0.1, 0.15) is 11.5 Å². The summed E-state index contributed by atoms with van der Waals surface area (Å²) in [5.41, 5.74) is 3.35. The predicted octanol–water partition coefficient (Wildman–Crippen LogP) is 7.17. The van der Waals surface area contributed by atoms with Gasteiger partial charge >= 0.3 is 0 Å². The fourth-order valence-electron chi connectivity index (χ4n) is 4.32. The van der Waals surface area contributed by atoms with Crippen LogP contribution in [0.4, 0.5) is 0 Å². The summed E-state index contributed by atoms with van der Waals surface area (Å²) < 4.78 is 13.3. The molecule has 5 nitrogen and oxygen atoms in total. The molecule has 4 rings (SSSR count). The lowest BCUT2D eigenvalue weighted by molar-refractivity contribution is 0.307. The molecule has 0 spiro atoms. The van der Waals surface area contributed by atoms with Crippen molar-refractivity contribution in [1.82, 2.24) is 14.8 Å². The summed E-state index contributed by atoms with van der Waals surface area (Å²) in [4.78, 5) is 4.39. The Labute approximate surface area is 202 Å². The zero-order chi connectivity index (χ0) is 23.4. The third-order valence-corrected chi connectivity index (χ3v) is 6.23. The Morgan fingerprint density at radius 1 is 0.735 bits per heavy atom. The first-order valence-corrected chi connectivity index (χ1v) is 12.5. The Hall–Kier alpha value is -3.34. The van der Waals surface area contributed by atoms with Crippen molar-refractivity contribution in [3.63, 3.8) is 0 Å². The molecule has 2 heterocycles. The first kappa shape index (κ1) is 23.8. The summed E-state index contributed by atoms with van der Waals surface area (Å²) in [6, 6.07) is 20.3. The maximum Gasteiger partial charge on any atom is 0.130 e. The van der Waals surface area contributed by atoms with Crippen molar-refractivity contribution >= 4 is 10.9 Å². The highest BCUT2D eigenvalue weighted by Gasteiger charge is 2.05. The minimum Gasteiger partial charge on any atom is -0.497 e. The summed E-state index contributed by atoms with van der Waals surface area (Å²) in [5.74, 6) is 1.81. The van der Waals surface area contributed by atoms with E-state index in [0.717, 1.165) is 47.5 Å². The largest absolute Gasteiger partial charge is 0.497 e. The fraction of sp³-hybridized carbons (Fsp3) is 0.379. The molecule has 0 aliphatic rings. The third kappa shape index (κ3) is 6.60. The van der Waals surface area contributed by atoms with Crippen molar-refractivity contribution in [2.24, 2.45) is 0 Å². The SMILES string of the molecule is COc1ccc(-n2nccc2CCCCCCCCCCOc2ccnc3ccccc23)cc1. The first-order valence-electron chi connectivity index (χ1n) is 12.5. The van der Waals surface area contributed by atoms with Gasteiger partial charge in [-0.1, -0.05) is 50.7 Å². The van der Waals surface area contributed by atoms with Gasteiger partial charge in [-0.2, -0.15) is 5.10 Å². The van der Waals surface area contributed by atoms with E-state index in [1.807, 2.05) is 53.5 Å². The number of aromatic nitrogens is 3. The number of benzene rings is 2. The van der Waals surface area contributed by atoms with Gasteiger partial charge < -0.3 is 9.47 Å². The second-order valence-electron chi connectivity index (χ2n) is 8.69. The third-order valence-electron chi connectivity index (χ3n) is 6.23. The highest BCUT2D eigenvalue weighted by Crippen LogP contribution is 2.23. The zero-order valence-electron chi connectivity index (χ0n) is 20.2. The van der Waals surface area contributed by atoms with E-state index in [2.05, 4.69) is 34.3 Å². The van der Waals surface area contributed by atoms with Crippen LogP contribution in [0.25, 0.3) is 16.6 Å². The molecule has 5 heteroatoms. The van der Waals surface area contributed by atoms with Gasteiger partial charge in [0.25, 0.3) is 0 Å². The molecule has 0 aliphatic carbocycles. The normalized spacial score (nSPS) is 11.1. The van der Waals surface area contributed by atoms with Gasteiger partial charge in [0.05, 0.1) is 24.9 Å². The Kier molecular flexibility index (Phi) is 8.95. The quantitative estimate of drug-likeness (QED) is 0.188. The molecular weight excluding hydrogens is 422 g/mol. The molecule has 0 radical (unpaired) electrons. The van der Waals surface area contributed by atoms with E-state index in [1.54, 1.807) is 7.11 Å². The van der Waals surface area contributed by atoms with Crippen molar-refractivity contribution in [2.45, 2.75) is 57.8 Å². The highest BCUT2D eigenvalue weighted by atomic mass is 16.5. The maximum atomic E-state index is 6.01. The van der Waals surface area contributed by atoms with Crippen LogP contribution in [0.15, 0.2) is 73.1 Å². The van der Waals surface area contributed by atoms with Crippen LogP contribution in [0.1, 0.15) is 57.1 Å². The van der Waals surface area contributed by atoms with E-state index in [-0.39, 0.29) is 0 Å². The average molecular weight is 458 g/mol. The topological polar surface area (TPSA) is 49.2 Å². The van der Waals surface area contributed by atoms with Gasteiger partial charge in [-0.3, -0.25) is 4.98 Å². The standard InChI is InChI=1S/C29H35N3O2/c1-33-26-17-15-25(16-18-26)32-24(19-22-31-32)12-8-6-4-2-3-5-7-11-23-34-29-20-21-30-28-14-10-9-13-27(28)29/h9-10,13-22H,2-8,11-12,23H2,1H3. The molecule has 0 fully saturated rings. The molecule has 0 aliphatic heterocycles. The van der Waals surface area contributed by atoms with Crippen LogP contribution in [0.3, 0.4) is 0 Å². The van der Waals surface area contributed by atoms with E-state index in [9.17, 15) is 0 Å². The van der Waals surface area contributed by atoms with Crippen molar-refractivity contribution in [3.05, 3.63) is 78.8 Å². The van der Waals surface area contributed by atoms with Crippen molar-refractivity contribution in [2.75, 3.05) is 13.7 Å². The number of nitrogens with zero attached hydrogens (tertiary/aromatic N) is 3. The van der Waals surface area contributed by atoms with Crippen LogP contribution in [0.5, 0.6) is 11.5 Å². The highest BCUT2D eigenvalue weighted by molar-refractivity contribution is 5.84. The molecule has 2 aromatic carbocycles. The number of hydrogen-bond acceptors (Lipinski definition) is 4. The van der Waals surface area contributed by atoms with E-state index >= 15 is 0 Å². The molecule has 178 valence electrons. The Bertz CT molecular complexity index is 1130. The van der Waals surface area contributed by atoms with Crippen LogP contribution in [0.2, 0.25) is 0 Å². The molecular formula is C29H35N3O2. The summed E-state index contributed by atoms with van der Waals surface area (Å²) in [5, 5.41) is 5.60. The lowest BCUT2D eigenvalue weighted by Crippen LogP contribution is -2.02. The summed E-state index contributed by atoms with van der Waals surface area (Å²) in [6.07, 6.45) is 14.8. The van der Waals surface area contributed by atoms with Crippen LogP contribution in [0, 0.1) is 0 Å². The Balaban J connectivity index is 1.05. The molecule has 0 amide bonds. The van der Waals surface area contributed by atoms with E-state index in [0.29, 0.717) is 0 Å². The molecule has 0 bridgehead atoms. The van der Waals surface area contributed by atoms with Crippen LogP contribution in [-0.4, -0.2) is 28.5 Å². The molecule has 0 saturated carbocycles. The van der Waals surface area contributed by atoms with Crippen molar-refractivity contribution < 1.29 is 9.47 Å². The number of hydrogen-bond donors (Lipinski definition) is 0.